The van der Waals surface area contributed by atoms with Crippen LogP contribution in [0.4, 0.5) is 11.4 Å². The van der Waals surface area contributed by atoms with E-state index >= 15 is 0 Å². The van der Waals surface area contributed by atoms with Gasteiger partial charge in [0.05, 0.1) is 18.4 Å². The van der Waals surface area contributed by atoms with E-state index in [4.69, 9.17) is 0 Å². The van der Waals surface area contributed by atoms with E-state index in [0.29, 0.717) is 12.1 Å². The topological polar surface area (TPSA) is 39.1 Å². The van der Waals surface area contributed by atoms with E-state index in [1.54, 1.807) is 12.3 Å². The van der Waals surface area contributed by atoms with E-state index in [1.165, 1.54) is 5.56 Å². The maximum absolute atomic E-state index is 10.5. The Morgan fingerprint density at radius 1 is 0.821 bits per heavy atom. The van der Waals surface area contributed by atoms with Crippen molar-refractivity contribution in [2.24, 2.45) is 5.10 Å². The van der Waals surface area contributed by atoms with Crippen LogP contribution in [0.5, 0.6) is 5.75 Å². The van der Waals surface area contributed by atoms with Gasteiger partial charge in [0.15, 0.2) is 0 Å². The number of benzene rings is 3. The first-order valence-corrected chi connectivity index (χ1v) is 9.69. The number of nitrogens with zero attached hydrogens (tertiary/aromatic N) is 3. The van der Waals surface area contributed by atoms with Crippen LogP contribution in [0, 0.1) is 0 Å². The average Bonchev–Trinajstić information content (AvgIpc) is 2.74. The SMILES string of the molecule is CCN(CC)c1ccc(/C=N/N(Cc2ccccc2)c2ccccc2)c(O)c1. The average molecular weight is 374 g/mol. The highest BCUT2D eigenvalue weighted by molar-refractivity contribution is 5.85. The minimum Gasteiger partial charge on any atom is -0.507 e. The molecule has 0 aliphatic carbocycles. The summed E-state index contributed by atoms with van der Waals surface area (Å²) in [6.45, 7) is 6.68. The maximum Gasteiger partial charge on any atom is 0.126 e. The van der Waals surface area contributed by atoms with E-state index < -0.39 is 0 Å². The van der Waals surface area contributed by atoms with E-state index in [1.807, 2.05) is 65.7 Å². The highest BCUT2D eigenvalue weighted by Gasteiger charge is 2.08. The van der Waals surface area contributed by atoms with Gasteiger partial charge in [-0.05, 0) is 43.7 Å². The van der Waals surface area contributed by atoms with Crippen LogP contribution >= 0.6 is 0 Å². The first-order chi connectivity index (χ1) is 13.7. The Morgan fingerprint density at radius 2 is 1.46 bits per heavy atom. The van der Waals surface area contributed by atoms with E-state index in [9.17, 15) is 5.11 Å². The minimum atomic E-state index is 0.237. The third-order valence-electron chi connectivity index (χ3n) is 4.71. The molecule has 3 rings (SSSR count). The molecular weight excluding hydrogens is 346 g/mol. The predicted octanol–water partition coefficient (Wildman–Crippen LogP) is 5.28. The molecule has 0 spiro atoms. The fraction of sp³-hybridized carbons (Fsp3) is 0.208. The van der Waals surface area contributed by atoms with Crippen molar-refractivity contribution in [2.45, 2.75) is 20.4 Å². The molecule has 28 heavy (non-hydrogen) atoms. The lowest BCUT2D eigenvalue weighted by atomic mass is 10.2. The van der Waals surface area contributed by atoms with Crippen molar-refractivity contribution in [1.29, 1.82) is 0 Å². The molecule has 0 atom stereocenters. The van der Waals surface area contributed by atoms with Gasteiger partial charge in [0.1, 0.15) is 5.75 Å². The second-order valence-corrected chi connectivity index (χ2v) is 6.54. The number of anilines is 2. The van der Waals surface area contributed by atoms with Gasteiger partial charge >= 0.3 is 0 Å². The fourth-order valence-corrected chi connectivity index (χ4v) is 3.11. The minimum absolute atomic E-state index is 0.237. The van der Waals surface area contributed by atoms with Crippen LogP contribution in [0.2, 0.25) is 0 Å². The molecule has 0 fully saturated rings. The third kappa shape index (κ3) is 4.92. The standard InChI is InChI=1S/C24H27N3O/c1-3-26(4-2)23-16-15-21(24(28)17-23)18-25-27(22-13-9-6-10-14-22)19-20-11-7-5-8-12-20/h5-18,28H,3-4,19H2,1-2H3/b25-18+. The van der Waals surface area contributed by atoms with Crippen molar-refractivity contribution in [1.82, 2.24) is 0 Å². The van der Waals surface area contributed by atoms with Gasteiger partial charge in [0.25, 0.3) is 0 Å². The summed E-state index contributed by atoms with van der Waals surface area (Å²) < 4.78 is 0. The van der Waals surface area contributed by atoms with Crippen LogP contribution in [-0.2, 0) is 6.54 Å². The van der Waals surface area contributed by atoms with Crippen molar-refractivity contribution in [3.05, 3.63) is 90.0 Å². The molecule has 0 saturated carbocycles. The molecule has 0 aliphatic rings. The van der Waals surface area contributed by atoms with Crippen molar-refractivity contribution in [2.75, 3.05) is 23.0 Å². The van der Waals surface area contributed by atoms with Gasteiger partial charge in [-0.3, -0.25) is 5.01 Å². The summed E-state index contributed by atoms with van der Waals surface area (Å²) in [6, 6.07) is 26.0. The smallest absolute Gasteiger partial charge is 0.126 e. The van der Waals surface area contributed by atoms with Gasteiger partial charge in [-0.15, -0.1) is 0 Å². The second kappa shape index (κ2) is 9.60. The van der Waals surface area contributed by atoms with Gasteiger partial charge in [0, 0.05) is 30.4 Å². The predicted molar refractivity (Wildman–Crippen MR) is 118 cm³/mol. The lowest BCUT2D eigenvalue weighted by Gasteiger charge is -2.21. The Balaban J connectivity index is 1.85. The van der Waals surface area contributed by atoms with E-state index in [-0.39, 0.29) is 5.75 Å². The second-order valence-electron chi connectivity index (χ2n) is 6.54. The summed E-state index contributed by atoms with van der Waals surface area (Å²) in [5.41, 5.74) is 3.89. The molecule has 0 amide bonds. The quantitative estimate of drug-likeness (QED) is 0.431. The van der Waals surface area contributed by atoms with Crippen LogP contribution < -0.4 is 9.91 Å². The van der Waals surface area contributed by atoms with Crippen molar-refractivity contribution < 1.29 is 5.11 Å². The Morgan fingerprint density at radius 3 is 2.07 bits per heavy atom. The Labute approximate surface area is 167 Å². The lowest BCUT2D eigenvalue weighted by Crippen LogP contribution is -2.21. The largest absolute Gasteiger partial charge is 0.507 e. The Kier molecular flexibility index (Phi) is 6.68. The van der Waals surface area contributed by atoms with Gasteiger partial charge < -0.3 is 10.0 Å². The Hall–Kier alpha value is -3.27. The van der Waals surface area contributed by atoms with Gasteiger partial charge in [-0.2, -0.15) is 5.10 Å². The van der Waals surface area contributed by atoms with Crippen LogP contribution in [0.25, 0.3) is 0 Å². The maximum atomic E-state index is 10.5. The molecule has 3 aromatic carbocycles. The summed E-state index contributed by atoms with van der Waals surface area (Å²) in [6.07, 6.45) is 1.72. The zero-order valence-electron chi connectivity index (χ0n) is 16.5. The molecule has 0 unspecified atom stereocenters. The molecule has 3 aromatic rings. The number of hydrazone groups is 1. The summed E-state index contributed by atoms with van der Waals surface area (Å²) in [5.74, 6) is 0.237. The first kappa shape index (κ1) is 19.5. The molecule has 4 nitrogen and oxygen atoms in total. The van der Waals surface area contributed by atoms with Gasteiger partial charge in [-0.1, -0.05) is 48.5 Å². The zero-order chi connectivity index (χ0) is 19.8. The molecule has 4 heteroatoms. The number of para-hydroxylation sites is 1. The van der Waals surface area contributed by atoms with Crippen LogP contribution in [0.3, 0.4) is 0 Å². The fourth-order valence-electron chi connectivity index (χ4n) is 3.11. The summed E-state index contributed by atoms with van der Waals surface area (Å²) in [4.78, 5) is 2.20. The summed E-state index contributed by atoms with van der Waals surface area (Å²) >= 11 is 0. The highest BCUT2D eigenvalue weighted by Crippen LogP contribution is 2.24. The molecular formula is C24H27N3O. The molecule has 1 N–H and O–H groups in total. The molecule has 0 aromatic heterocycles. The molecule has 0 bridgehead atoms. The summed E-state index contributed by atoms with van der Waals surface area (Å²) in [5, 5.41) is 17.1. The molecule has 0 aliphatic heterocycles. The number of rotatable bonds is 8. The zero-order valence-corrected chi connectivity index (χ0v) is 16.5. The third-order valence-corrected chi connectivity index (χ3v) is 4.71. The number of hydrogen-bond acceptors (Lipinski definition) is 4. The van der Waals surface area contributed by atoms with Crippen molar-refractivity contribution in [3.8, 4) is 5.75 Å². The molecule has 0 radical (unpaired) electrons. The van der Waals surface area contributed by atoms with Crippen molar-refractivity contribution >= 4 is 17.6 Å². The molecule has 0 saturated heterocycles. The van der Waals surface area contributed by atoms with Gasteiger partial charge in [0.2, 0.25) is 0 Å². The van der Waals surface area contributed by atoms with Gasteiger partial charge in [-0.25, -0.2) is 0 Å². The number of aromatic hydroxyl groups is 1. The van der Waals surface area contributed by atoms with Crippen LogP contribution in [0.1, 0.15) is 25.0 Å². The summed E-state index contributed by atoms with van der Waals surface area (Å²) in [7, 11) is 0. The Bertz CT molecular complexity index is 890. The number of hydrogen-bond donors (Lipinski definition) is 1. The number of phenols is 1. The van der Waals surface area contributed by atoms with E-state index in [2.05, 4.69) is 36.0 Å². The normalized spacial score (nSPS) is 10.9. The van der Waals surface area contributed by atoms with E-state index in [0.717, 1.165) is 24.5 Å². The highest BCUT2D eigenvalue weighted by atomic mass is 16.3. The number of phenolic OH excluding ortho intramolecular Hbond substituents is 1. The van der Waals surface area contributed by atoms with Crippen LogP contribution in [0.15, 0.2) is 84.0 Å². The molecule has 144 valence electrons. The first-order valence-electron chi connectivity index (χ1n) is 9.69. The molecule has 0 heterocycles. The monoisotopic (exact) mass is 373 g/mol. The lowest BCUT2D eigenvalue weighted by molar-refractivity contribution is 0.474. The van der Waals surface area contributed by atoms with Crippen LogP contribution in [-0.4, -0.2) is 24.4 Å². The van der Waals surface area contributed by atoms with Crippen molar-refractivity contribution in [3.63, 3.8) is 0 Å².